The lowest BCUT2D eigenvalue weighted by molar-refractivity contribution is -0.161. The molecule has 0 fully saturated rings. The summed E-state index contributed by atoms with van der Waals surface area (Å²) >= 11 is 0. The zero-order valence-corrected chi connectivity index (χ0v) is 11.0. The molecule has 18 heavy (non-hydrogen) atoms. The Kier molecular flexibility index (Phi) is 10.4. The average molecular weight is 258 g/mol. The maximum atomic E-state index is 10.7. The third kappa shape index (κ3) is 12.1. The third-order valence-electron chi connectivity index (χ3n) is 1.67. The minimum Gasteiger partial charge on any atom is -0.393 e. The maximum absolute atomic E-state index is 10.7. The summed E-state index contributed by atoms with van der Waals surface area (Å²) < 4.78 is 8.33. The molecule has 0 aromatic carbocycles. The van der Waals surface area contributed by atoms with Crippen molar-refractivity contribution in [1.82, 2.24) is 0 Å². The van der Waals surface area contributed by atoms with Crippen molar-refractivity contribution < 1.29 is 28.7 Å². The number of ether oxygens (including phenoxy) is 2. The molecule has 0 aromatic heterocycles. The van der Waals surface area contributed by atoms with E-state index in [1.54, 1.807) is 6.92 Å². The first-order valence-electron chi connectivity index (χ1n) is 5.31. The molecule has 6 heteroatoms. The Morgan fingerprint density at radius 3 is 1.78 bits per heavy atom. The zero-order valence-electron chi connectivity index (χ0n) is 11.0. The van der Waals surface area contributed by atoms with Gasteiger partial charge in [0.2, 0.25) is 0 Å². The fraction of sp³-hybridized carbons (Fsp3) is 0.500. The van der Waals surface area contributed by atoms with E-state index in [0.717, 1.165) is 13.0 Å². The van der Waals surface area contributed by atoms with E-state index in [4.69, 9.17) is 0 Å². The molecule has 0 spiro atoms. The van der Waals surface area contributed by atoms with Gasteiger partial charge >= 0.3 is 23.9 Å². The first-order valence-corrected chi connectivity index (χ1v) is 5.31. The number of hydrogen-bond acceptors (Lipinski definition) is 6. The van der Waals surface area contributed by atoms with E-state index in [2.05, 4.69) is 16.1 Å². The van der Waals surface area contributed by atoms with Gasteiger partial charge in [0, 0.05) is 19.9 Å². The molecule has 102 valence electrons. The van der Waals surface area contributed by atoms with Gasteiger partial charge in [-0.05, 0) is 6.42 Å². The van der Waals surface area contributed by atoms with Gasteiger partial charge in [-0.3, -0.25) is 14.4 Å². The molecular formula is C12H18O6. The summed E-state index contributed by atoms with van der Waals surface area (Å²) in [5.41, 5.74) is 0. The molecule has 0 heterocycles. The third-order valence-corrected chi connectivity index (χ3v) is 1.67. The summed E-state index contributed by atoms with van der Waals surface area (Å²) in [5, 5.41) is 0. The van der Waals surface area contributed by atoms with Crippen LogP contribution < -0.4 is 0 Å². The van der Waals surface area contributed by atoms with Crippen LogP contribution in [0.1, 0.15) is 34.1 Å². The van der Waals surface area contributed by atoms with Crippen molar-refractivity contribution in [2.24, 2.45) is 5.92 Å². The molecule has 0 radical (unpaired) electrons. The van der Waals surface area contributed by atoms with Crippen molar-refractivity contribution in [2.45, 2.75) is 34.1 Å². The predicted molar refractivity (Wildman–Crippen MR) is 63.2 cm³/mol. The van der Waals surface area contributed by atoms with Crippen LogP contribution >= 0.6 is 0 Å². The highest BCUT2D eigenvalue weighted by molar-refractivity contribution is 5.90. The number of hydrogen-bond donors (Lipinski definition) is 0. The van der Waals surface area contributed by atoms with Crippen LogP contribution in [-0.4, -0.2) is 23.9 Å². The van der Waals surface area contributed by atoms with Gasteiger partial charge in [-0.25, -0.2) is 4.79 Å². The lowest BCUT2D eigenvalue weighted by atomic mass is 10.1. The first kappa shape index (κ1) is 18.4. The quantitative estimate of drug-likeness (QED) is 0.432. The summed E-state index contributed by atoms with van der Waals surface area (Å²) in [6, 6.07) is 0. The Morgan fingerprint density at radius 1 is 1.11 bits per heavy atom. The van der Waals surface area contributed by atoms with Gasteiger partial charge in [0.1, 0.15) is 0 Å². The molecule has 0 saturated carbocycles. The highest BCUT2D eigenvalue weighted by atomic mass is 16.6. The Labute approximate surface area is 106 Å². The zero-order chi connectivity index (χ0) is 14.7. The van der Waals surface area contributed by atoms with Crippen LogP contribution in [0.5, 0.6) is 0 Å². The predicted octanol–water partition coefficient (Wildman–Crippen LogP) is 1.38. The maximum Gasteiger partial charge on any atom is 0.337 e. The monoisotopic (exact) mass is 258 g/mol. The normalized spacial score (nSPS) is 10.2. The molecular weight excluding hydrogens is 240 g/mol. The van der Waals surface area contributed by atoms with Crippen LogP contribution in [0.2, 0.25) is 0 Å². The van der Waals surface area contributed by atoms with E-state index < -0.39 is 23.9 Å². The summed E-state index contributed by atoms with van der Waals surface area (Å²) in [7, 11) is 0. The summed E-state index contributed by atoms with van der Waals surface area (Å²) in [6.07, 6.45) is 1.63. The lowest BCUT2D eigenvalue weighted by Gasteiger charge is -2.04. The van der Waals surface area contributed by atoms with Gasteiger partial charge in [-0.1, -0.05) is 20.4 Å². The first-order chi connectivity index (χ1) is 8.24. The smallest absolute Gasteiger partial charge is 0.337 e. The fourth-order valence-electron chi connectivity index (χ4n) is 0.592. The minimum atomic E-state index is -0.711. The standard InChI is InChI=1S/C7H12O3.C5H6O3/c1-4-5(2)7(9)10-6(3)8;1-3-5(7)8-4(2)6/h5H,4H2,1-3H3;3H,1H2,2H3. The van der Waals surface area contributed by atoms with Crippen molar-refractivity contribution >= 4 is 23.9 Å². The van der Waals surface area contributed by atoms with Gasteiger partial charge in [-0.15, -0.1) is 0 Å². The highest BCUT2D eigenvalue weighted by Crippen LogP contribution is 2.02. The SMILES string of the molecule is C=CC(=O)OC(C)=O.CCC(C)C(=O)OC(C)=O. The second kappa shape index (κ2) is 10.2. The van der Waals surface area contributed by atoms with E-state index in [1.807, 2.05) is 6.92 Å². The molecule has 0 aliphatic rings. The largest absolute Gasteiger partial charge is 0.393 e. The van der Waals surface area contributed by atoms with Crippen LogP contribution in [0, 0.1) is 5.92 Å². The number of carbonyl (C=O) groups excluding carboxylic acids is 4. The molecule has 0 amide bonds. The van der Waals surface area contributed by atoms with Crippen molar-refractivity contribution in [2.75, 3.05) is 0 Å². The average Bonchev–Trinajstić information content (AvgIpc) is 2.26. The topological polar surface area (TPSA) is 86.7 Å². The Hall–Kier alpha value is -1.98. The molecule has 0 N–H and O–H groups in total. The number of esters is 4. The molecule has 0 bridgehead atoms. The molecule has 6 nitrogen and oxygen atoms in total. The molecule has 0 aliphatic heterocycles. The molecule has 1 atom stereocenters. The summed E-state index contributed by atoms with van der Waals surface area (Å²) in [4.78, 5) is 41.0. The van der Waals surface area contributed by atoms with Crippen LogP contribution in [0.3, 0.4) is 0 Å². The minimum absolute atomic E-state index is 0.177. The van der Waals surface area contributed by atoms with Gasteiger partial charge < -0.3 is 9.47 Å². The van der Waals surface area contributed by atoms with Crippen molar-refractivity contribution in [1.29, 1.82) is 0 Å². The highest BCUT2D eigenvalue weighted by Gasteiger charge is 2.13. The van der Waals surface area contributed by atoms with E-state index in [-0.39, 0.29) is 5.92 Å². The Morgan fingerprint density at radius 2 is 1.56 bits per heavy atom. The van der Waals surface area contributed by atoms with Crippen LogP contribution in [0.15, 0.2) is 12.7 Å². The fourth-order valence-corrected chi connectivity index (χ4v) is 0.592. The number of carbonyl (C=O) groups is 4. The Balaban J connectivity index is 0. The molecule has 0 rings (SSSR count). The number of rotatable bonds is 3. The Bertz CT molecular complexity index is 331. The van der Waals surface area contributed by atoms with Crippen molar-refractivity contribution in [3.05, 3.63) is 12.7 Å². The van der Waals surface area contributed by atoms with Crippen LogP contribution in [0.4, 0.5) is 0 Å². The summed E-state index contributed by atoms with van der Waals surface area (Å²) in [5.74, 6) is -2.48. The second-order valence-corrected chi connectivity index (χ2v) is 3.34. The van der Waals surface area contributed by atoms with E-state index in [9.17, 15) is 19.2 Å². The van der Waals surface area contributed by atoms with Gasteiger partial charge in [0.05, 0.1) is 5.92 Å². The summed E-state index contributed by atoms with van der Waals surface area (Å²) in [6.45, 7) is 9.06. The van der Waals surface area contributed by atoms with Gasteiger partial charge in [0.15, 0.2) is 0 Å². The molecule has 0 aromatic rings. The van der Waals surface area contributed by atoms with Gasteiger partial charge in [-0.2, -0.15) is 0 Å². The molecule has 0 aliphatic carbocycles. The van der Waals surface area contributed by atoms with Crippen molar-refractivity contribution in [3.63, 3.8) is 0 Å². The molecule has 1 unspecified atom stereocenters. The van der Waals surface area contributed by atoms with Crippen LogP contribution in [0.25, 0.3) is 0 Å². The second-order valence-electron chi connectivity index (χ2n) is 3.34. The van der Waals surface area contributed by atoms with Crippen molar-refractivity contribution in [3.8, 4) is 0 Å². The molecule has 0 saturated heterocycles. The van der Waals surface area contributed by atoms with Crippen LogP contribution in [-0.2, 0) is 28.7 Å². The van der Waals surface area contributed by atoms with E-state index >= 15 is 0 Å². The van der Waals surface area contributed by atoms with E-state index in [1.165, 1.54) is 6.92 Å². The van der Waals surface area contributed by atoms with Gasteiger partial charge in [0.25, 0.3) is 0 Å². The van der Waals surface area contributed by atoms with E-state index in [0.29, 0.717) is 6.42 Å². The lowest BCUT2D eigenvalue weighted by Crippen LogP contribution is -2.16.